The van der Waals surface area contributed by atoms with E-state index in [0.29, 0.717) is 0 Å². The number of amides is 2. The fraction of sp³-hybridized carbons (Fsp3) is 0.696. The molecule has 1 aromatic rings. The first-order chi connectivity index (χ1) is 13.6. The maximum absolute atomic E-state index is 12.7. The van der Waals surface area contributed by atoms with Gasteiger partial charge in [-0.15, -0.1) is 0 Å². The fourth-order valence-electron chi connectivity index (χ4n) is 6.34. The van der Waals surface area contributed by atoms with Crippen LogP contribution in [0.4, 0.5) is 10.5 Å². The maximum atomic E-state index is 12.7. The minimum atomic E-state index is 0.102. The van der Waals surface area contributed by atoms with Crippen molar-refractivity contribution in [1.29, 1.82) is 0 Å². The van der Waals surface area contributed by atoms with Crippen LogP contribution in [0.1, 0.15) is 50.5 Å². The predicted molar refractivity (Wildman–Crippen MR) is 113 cm³/mol. The van der Waals surface area contributed by atoms with Crippen molar-refractivity contribution in [2.75, 3.05) is 38.6 Å². The van der Waals surface area contributed by atoms with Crippen LogP contribution in [0.2, 0.25) is 0 Å². The highest BCUT2D eigenvalue weighted by Crippen LogP contribution is 2.47. The van der Waals surface area contributed by atoms with Crippen LogP contribution >= 0.6 is 0 Å². The van der Waals surface area contributed by atoms with Crippen LogP contribution in [0.15, 0.2) is 24.3 Å². The van der Waals surface area contributed by atoms with Crippen LogP contribution in [0, 0.1) is 0 Å². The van der Waals surface area contributed by atoms with Crippen molar-refractivity contribution in [2.24, 2.45) is 0 Å². The summed E-state index contributed by atoms with van der Waals surface area (Å²) in [5.74, 6) is 0. The van der Waals surface area contributed by atoms with E-state index in [0.717, 1.165) is 36.8 Å². The van der Waals surface area contributed by atoms with E-state index in [1.54, 1.807) is 4.90 Å². The van der Waals surface area contributed by atoms with Crippen molar-refractivity contribution < 1.29 is 4.79 Å². The average Bonchev–Trinajstić information content (AvgIpc) is 3.06. The lowest BCUT2D eigenvalue weighted by Gasteiger charge is -2.50. The lowest BCUT2D eigenvalue weighted by atomic mass is 9.67. The van der Waals surface area contributed by atoms with Gasteiger partial charge in [-0.05, 0) is 69.7 Å². The topological polar surface area (TPSA) is 38.8 Å². The molecular formula is C23H34N4O. The van der Waals surface area contributed by atoms with Crippen LogP contribution < -0.4 is 10.2 Å². The van der Waals surface area contributed by atoms with Gasteiger partial charge >= 0.3 is 6.03 Å². The van der Waals surface area contributed by atoms with E-state index in [-0.39, 0.29) is 11.4 Å². The predicted octanol–water partition coefficient (Wildman–Crippen LogP) is 3.19. The molecule has 2 bridgehead atoms. The smallest absolute Gasteiger partial charge is 0.323 e. The summed E-state index contributed by atoms with van der Waals surface area (Å²) in [7, 11) is 3.69. The van der Waals surface area contributed by atoms with E-state index >= 15 is 0 Å². The number of likely N-dealkylation sites (tertiary alicyclic amines) is 1. The SMILES string of the molecule is CN(C)C(=O)N1CCC2(CCN(C3CC4CC[C@H](C3)N4)CC2)c2ccccc21. The molecule has 2 amide bonds. The monoisotopic (exact) mass is 382 g/mol. The highest BCUT2D eigenvalue weighted by Gasteiger charge is 2.45. The van der Waals surface area contributed by atoms with Crippen molar-refractivity contribution in [1.82, 2.24) is 15.1 Å². The number of hydrogen-bond acceptors (Lipinski definition) is 3. The third kappa shape index (κ3) is 3.03. The zero-order chi connectivity index (χ0) is 19.3. The third-order valence-corrected chi connectivity index (χ3v) is 7.91. The zero-order valence-electron chi connectivity index (χ0n) is 17.4. The Hall–Kier alpha value is -1.59. The zero-order valence-corrected chi connectivity index (χ0v) is 17.4. The molecule has 4 aliphatic rings. The summed E-state index contributed by atoms with van der Waals surface area (Å²) in [5, 5.41) is 3.79. The Morgan fingerprint density at radius 2 is 1.68 bits per heavy atom. The van der Waals surface area contributed by atoms with Gasteiger partial charge in [0, 0.05) is 49.9 Å². The highest BCUT2D eigenvalue weighted by molar-refractivity contribution is 5.93. The first-order valence-electron chi connectivity index (χ1n) is 11.1. The molecule has 152 valence electrons. The van der Waals surface area contributed by atoms with Crippen LogP contribution in [-0.2, 0) is 5.41 Å². The molecule has 2 unspecified atom stereocenters. The Labute approximate surface area is 169 Å². The van der Waals surface area contributed by atoms with Gasteiger partial charge in [-0.3, -0.25) is 4.90 Å². The summed E-state index contributed by atoms with van der Waals surface area (Å²) in [6.45, 7) is 3.26. The molecule has 0 saturated carbocycles. The summed E-state index contributed by atoms with van der Waals surface area (Å²) < 4.78 is 0. The van der Waals surface area contributed by atoms with Crippen molar-refractivity contribution >= 4 is 11.7 Å². The van der Waals surface area contributed by atoms with Gasteiger partial charge in [0.05, 0.1) is 0 Å². The number of nitrogens with zero attached hydrogens (tertiary/aromatic N) is 3. The van der Waals surface area contributed by atoms with Crippen molar-refractivity contribution in [3.63, 3.8) is 0 Å². The molecule has 5 rings (SSSR count). The lowest BCUT2D eigenvalue weighted by Crippen LogP contribution is -2.54. The number of nitrogens with one attached hydrogen (secondary N) is 1. The second kappa shape index (κ2) is 7.03. The number of carbonyl (C=O) groups excluding carboxylic acids is 1. The Kier molecular flexibility index (Phi) is 4.63. The minimum absolute atomic E-state index is 0.102. The van der Waals surface area contributed by atoms with Gasteiger partial charge in [0.2, 0.25) is 0 Å². The molecule has 3 atom stereocenters. The largest absolute Gasteiger partial charge is 0.330 e. The molecule has 28 heavy (non-hydrogen) atoms. The molecule has 1 N–H and O–H groups in total. The van der Waals surface area contributed by atoms with Gasteiger partial charge in [0.25, 0.3) is 0 Å². The summed E-state index contributed by atoms with van der Waals surface area (Å²) in [6, 6.07) is 11.1. The van der Waals surface area contributed by atoms with Crippen molar-refractivity contribution in [2.45, 2.75) is 68.5 Å². The van der Waals surface area contributed by atoms with Crippen molar-refractivity contribution in [3.05, 3.63) is 29.8 Å². The van der Waals surface area contributed by atoms with Crippen LogP contribution in [0.25, 0.3) is 0 Å². The van der Waals surface area contributed by atoms with Gasteiger partial charge in [0.15, 0.2) is 0 Å². The molecule has 5 heteroatoms. The van der Waals surface area contributed by atoms with Gasteiger partial charge in [-0.2, -0.15) is 0 Å². The van der Waals surface area contributed by atoms with E-state index in [1.807, 2.05) is 19.0 Å². The first-order valence-corrected chi connectivity index (χ1v) is 11.1. The van der Waals surface area contributed by atoms with Gasteiger partial charge in [-0.1, -0.05) is 18.2 Å². The van der Waals surface area contributed by atoms with E-state index in [1.165, 1.54) is 57.2 Å². The van der Waals surface area contributed by atoms with E-state index in [2.05, 4.69) is 34.5 Å². The maximum Gasteiger partial charge on any atom is 0.323 e. The summed E-state index contributed by atoms with van der Waals surface area (Å²) in [5.41, 5.74) is 2.80. The second-order valence-electron chi connectivity index (χ2n) is 9.68. The second-order valence-corrected chi connectivity index (χ2v) is 9.68. The number of urea groups is 1. The Morgan fingerprint density at radius 3 is 2.36 bits per heavy atom. The molecular weight excluding hydrogens is 348 g/mol. The normalized spacial score (nSPS) is 31.6. The summed E-state index contributed by atoms with van der Waals surface area (Å²) in [6.07, 6.45) is 8.98. The number of anilines is 1. The number of hydrogen-bond donors (Lipinski definition) is 1. The summed E-state index contributed by atoms with van der Waals surface area (Å²) in [4.78, 5) is 19.2. The number of carbonyl (C=O) groups is 1. The number of benzene rings is 1. The van der Waals surface area contributed by atoms with Crippen LogP contribution in [0.5, 0.6) is 0 Å². The molecule has 5 nitrogen and oxygen atoms in total. The van der Waals surface area contributed by atoms with Gasteiger partial charge < -0.3 is 15.1 Å². The quantitative estimate of drug-likeness (QED) is 0.811. The van der Waals surface area contributed by atoms with E-state index < -0.39 is 0 Å². The first kappa shape index (κ1) is 18.4. The van der Waals surface area contributed by atoms with Gasteiger partial charge in [-0.25, -0.2) is 4.79 Å². The molecule has 1 spiro atoms. The van der Waals surface area contributed by atoms with Gasteiger partial charge in [0.1, 0.15) is 0 Å². The number of rotatable bonds is 1. The number of piperidine rings is 2. The minimum Gasteiger partial charge on any atom is -0.330 e. The Balaban J connectivity index is 1.34. The average molecular weight is 383 g/mol. The van der Waals surface area contributed by atoms with Crippen molar-refractivity contribution in [3.8, 4) is 0 Å². The number of fused-ring (bicyclic) bond motifs is 4. The molecule has 0 aromatic heterocycles. The van der Waals surface area contributed by atoms with E-state index in [4.69, 9.17) is 0 Å². The van der Waals surface area contributed by atoms with Crippen LogP contribution in [0.3, 0.4) is 0 Å². The highest BCUT2D eigenvalue weighted by atomic mass is 16.2. The number of para-hydroxylation sites is 1. The third-order valence-electron chi connectivity index (χ3n) is 7.91. The molecule has 1 aromatic carbocycles. The molecule has 0 aliphatic carbocycles. The summed E-state index contributed by atoms with van der Waals surface area (Å²) >= 11 is 0. The van der Waals surface area contributed by atoms with Crippen LogP contribution in [-0.4, -0.2) is 67.7 Å². The molecule has 3 fully saturated rings. The lowest BCUT2D eigenvalue weighted by molar-refractivity contribution is 0.0807. The Bertz CT molecular complexity index is 728. The standard InChI is InChI=1S/C23H34N4O/c1-25(2)22(28)27-14-11-23(20-5-3-4-6-21(20)27)9-12-26(13-10-23)19-15-17-7-8-18(16-19)24-17/h3-6,17-19,24H,7-16H2,1-2H3/t17-,18?,19?/m1/s1. The molecule has 4 aliphatic heterocycles. The molecule has 0 radical (unpaired) electrons. The van der Waals surface area contributed by atoms with E-state index in [9.17, 15) is 4.79 Å². The fourth-order valence-corrected chi connectivity index (χ4v) is 6.34. The molecule has 3 saturated heterocycles. The Morgan fingerprint density at radius 1 is 1.04 bits per heavy atom. The molecule has 4 heterocycles.